The van der Waals surface area contributed by atoms with Crippen molar-refractivity contribution in [2.75, 3.05) is 6.54 Å². The number of amides is 1. The van der Waals surface area contributed by atoms with Crippen LogP contribution in [0.4, 0.5) is 0 Å². The van der Waals surface area contributed by atoms with Gasteiger partial charge in [0.1, 0.15) is 0 Å². The van der Waals surface area contributed by atoms with E-state index < -0.39 is 0 Å². The van der Waals surface area contributed by atoms with Crippen molar-refractivity contribution in [2.24, 2.45) is 0 Å². The molecular formula is C21H17N5O. The monoisotopic (exact) mass is 355 g/mol. The second-order valence-corrected chi connectivity index (χ2v) is 6.64. The highest BCUT2D eigenvalue weighted by molar-refractivity contribution is 5.94. The van der Waals surface area contributed by atoms with Crippen molar-refractivity contribution >= 4 is 28.4 Å². The van der Waals surface area contributed by atoms with Gasteiger partial charge in [-0.05, 0) is 23.6 Å². The number of hydrogen-bond donors (Lipinski definition) is 0. The summed E-state index contributed by atoms with van der Waals surface area (Å²) < 4.78 is 1.66. The third kappa shape index (κ3) is 2.75. The lowest BCUT2D eigenvalue weighted by Crippen LogP contribution is -2.34. The molecule has 27 heavy (non-hydrogen) atoms. The first-order valence-corrected chi connectivity index (χ1v) is 8.92. The quantitative estimate of drug-likeness (QED) is 0.519. The van der Waals surface area contributed by atoms with Crippen molar-refractivity contribution < 1.29 is 4.79 Å². The Morgan fingerprint density at radius 3 is 2.74 bits per heavy atom. The number of carbonyl (C=O) groups is 1. The number of aromatic nitrogens is 4. The Balaban J connectivity index is 1.41. The van der Waals surface area contributed by atoms with Crippen molar-refractivity contribution in [3.05, 3.63) is 77.8 Å². The van der Waals surface area contributed by atoms with Crippen LogP contribution in [-0.4, -0.2) is 37.2 Å². The average molecular weight is 355 g/mol. The van der Waals surface area contributed by atoms with E-state index in [4.69, 9.17) is 0 Å². The molecule has 0 fully saturated rings. The fourth-order valence-electron chi connectivity index (χ4n) is 3.55. The molecule has 1 amide bonds. The number of fused-ring (bicyclic) bond motifs is 4. The van der Waals surface area contributed by atoms with Crippen LogP contribution in [0.25, 0.3) is 22.5 Å². The third-order valence-electron chi connectivity index (χ3n) is 5.00. The van der Waals surface area contributed by atoms with Crippen LogP contribution >= 0.6 is 0 Å². The fourth-order valence-corrected chi connectivity index (χ4v) is 3.55. The van der Waals surface area contributed by atoms with Gasteiger partial charge in [0.2, 0.25) is 5.91 Å². The zero-order valence-corrected chi connectivity index (χ0v) is 14.6. The molecular weight excluding hydrogens is 338 g/mol. The molecule has 5 rings (SSSR count). The molecule has 0 saturated carbocycles. The molecule has 3 heterocycles. The molecule has 0 atom stereocenters. The van der Waals surface area contributed by atoms with Gasteiger partial charge in [-0.25, -0.2) is 0 Å². The molecule has 6 heteroatoms. The normalized spacial score (nSPS) is 14.1. The second kappa shape index (κ2) is 6.32. The summed E-state index contributed by atoms with van der Waals surface area (Å²) in [6.07, 6.45) is 5.91. The summed E-state index contributed by atoms with van der Waals surface area (Å²) in [5.74, 6) is 0.517. The van der Waals surface area contributed by atoms with Crippen molar-refractivity contribution in [1.29, 1.82) is 0 Å². The van der Waals surface area contributed by atoms with Crippen LogP contribution in [0.15, 0.2) is 60.8 Å². The van der Waals surface area contributed by atoms with Crippen molar-refractivity contribution in [3.8, 4) is 0 Å². The Kier molecular flexibility index (Phi) is 3.67. The number of rotatable bonds is 2. The SMILES string of the molecule is O=C(C=Cc1nnc2c3ccccc3cnn12)N1CCc2ccccc2C1. The largest absolute Gasteiger partial charge is 0.334 e. The molecule has 1 aliphatic rings. The van der Waals surface area contributed by atoms with Crippen molar-refractivity contribution in [2.45, 2.75) is 13.0 Å². The molecule has 0 radical (unpaired) electrons. The molecule has 2 aromatic heterocycles. The van der Waals surface area contributed by atoms with Gasteiger partial charge in [-0.2, -0.15) is 9.61 Å². The molecule has 2 aromatic carbocycles. The maximum atomic E-state index is 12.6. The average Bonchev–Trinajstić information content (AvgIpc) is 3.15. The molecule has 0 aliphatic carbocycles. The van der Waals surface area contributed by atoms with Crippen LogP contribution in [0.1, 0.15) is 17.0 Å². The Hall–Kier alpha value is -3.54. The first-order chi connectivity index (χ1) is 13.3. The summed E-state index contributed by atoms with van der Waals surface area (Å²) in [6.45, 7) is 1.37. The van der Waals surface area contributed by atoms with Crippen molar-refractivity contribution in [1.82, 2.24) is 24.7 Å². The standard InChI is InChI=1S/C21H17N5O/c27-20(25-12-11-15-5-1-2-7-17(15)14-25)10-9-19-23-24-21-18-8-4-3-6-16(18)13-22-26(19)21/h1-10,13H,11-12,14H2. The summed E-state index contributed by atoms with van der Waals surface area (Å²) in [5, 5.41) is 14.8. The summed E-state index contributed by atoms with van der Waals surface area (Å²) in [7, 11) is 0. The third-order valence-corrected chi connectivity index (χ3v) is 5.00. The molecule has 1 aliphatic heterocycles. The van der Waals surface area contributed by atoms with E-state index in [1.807, 2.05) is 41.3 Å². The van der Waals surface area contributed by atoms with E-state index >= 15 is 0 Å². The van der Waals surface area contributed by atoms with Crippen LogP contribution in [0.5, 0.6) is 0 Å². The predicted molar refractivity (Wildman–Crippen MR) is 103 cm³/mol. The first-order valence-electron chi connectivity index (χ1n) is 8.92. The Morgan fingerprint density at radius 1 is 1.00 bits per heavy atom. The first kappa shape index (κ1) is 15.7. The van der Waals surface area contributed by atoms with Gasteiger partial charge in [0.25, 0.3) is 0 Å². The van der Waals surface area contributed by atoms with Crippen LogP contribution in [-0.2, 0) is 17.8 Å². The Labute approximate surface area is 155 Å². The van der Waals surface area contributed by atoms with E-state index in [0.29, 0.717) is 18.0 Å². The van der Waals surface area contributed by atoms with Crippen molar-refractivity contribution in [3.63, 3.8) is 0 Å². The summed E-state index contributed by atoms with van der Waals surface area (Å²) >= 11 is 0. The zero-order chi connectivity index (χ0) is 18.2. The number of benzene rings is 2. The van der Waals surface area contributed by atoms with Gasteiger partial charge in [0.15, 0.2) is 11.5 Å². The van der Waals surface area contributed by atoms with Gasteiger partial charge in [0.05, 0.1) is 6.20 Å². The highest BCUT2D eigenvalue weighted by Crippen LogP contribution is 2.20. The van der Waals surface area contributed by atoms with E-state index in [0.717, 1.165) is 23.7 Å². The molecule has 0 spiro atoms. The molecule has 132 valence electrons. The minimum Gasteiger partial charge on any atom is -0.334 e. The topological polar surface area (TPSA) is 63.4 Å². The highest BCUT2D eigenvalue weighted by atomic mass is 16.2. The molecule has 4 aromatic rings. The lowest BCUT2D eigenvalue weighted by Gasteiger charge is -2.27. The lowest BCUT2D eigenvalue weighted by atomic mass is 10.00. The van der Waals surface area contributed by atoms with E-state index in [2.05, 4.69) is 27.4 Å². The molecule has 0 unspecified atom stereocenters. The van der Waals surface area contributed by atoms with Gasteiger partial charge >= 0.3 is 0 Å². The van der Waals surface area contributed by atoms with Crippen LogP contribution in [0.2, 0.25) is 0 Å². The summed E-state index contributed by atoms with van der Waals surface area (Å²) in [5.41, 5.74) is 3.23. The van der Waals surface area contributed by atoms with Gasteiger partial charge in [-0.15, -0.1) is 10.2 Å². The predicted octanol–water partition coefficient (Wildman–Crippen LogP) is 2.88. The summed E-state index contributed by atoms with van der Waals surface area (Å²) in [6, 6.07) is 16.2. The van der Waals surface area contributed by atoms with Gasteiger partial charge < -0.3 is 4.90 Å². The zero-order valence-electron chi connectivity index (χ0n) is 14.6. The van der Waals surface area contributed by atoms with E-state index in [1.54, 1.807) is 22.9 Å². The van der Waals surface area contributed by atoms with E-state index in [-0.39, 0.29) is 5.91 Å². The van der Waals surface area contributed by atoms with Crippen LogP contribution in [0, 0.1) is 0 Å². The number of carbonyl (C=O) groups excluding carboxylic acids is 1. The van der Waals surface area contributed by atoms with Gasteiger partial charge in [-0.3, -0.25) is 4.79 Å². The fraction of sp³-hybridized carbons (Fsp3) is 0.143. The highest BCUT2D eigenvalue weighted by Gasteiger charge is 2.18. The molecule has 0 N–H and O–H groups in total. The van der Waals surface area contributed by atoms with E-state index in [9.17, 15) is 4.79 Å². The maximum Gasteiger partial charge on any atom is 0.247 e. The van der Waals surface area contributed by atoms with E-state index in [1.165, 1.54) is 11.1 Å². The van der Waals surface area contributed by atoms with Gasteiger partial charge in [-0.1, -0.05) is 48.5 Å². The minimum atomic E-state index is -0.0259. The van der Waals surface area contributed by atoms with Crippen LogP contribution < -0.4 is 0 Å². The summed E-state index contributed by atoms with van der Waals surface area (Å²) in [4.78, 5) is 14.5. The maximum absolute atomic E-state index is 12.6. The molecule has 0 bridgehead atoms. The minimum absolute atomic E-state index is 0.0259. The number of hydrogen-bond acceptors (Lipinski definition) is 4. The van der Waals surface area contributed by atoms with Crippen LogP contribution in [0.3, 0.4) is 0 Å². The lowest BCUT2D eigenvalue weighted by molar-refractivity contribution is -0.126. The molecule has 6 nitrogen and oxygen atoms in total. The second-order valence-electron chi connectivity index (χ2n) is 6.64. The Bertz CT molecular complexity index is 1190. The van der Waals surface area contributed by atoms with Gasteiger partial charge in [0, 0.05) is 29.9 Å². The number of nitrogens with zero attached hydrogens (tertiary/aromatic N) is 5. The Morgan fingerprint density at radius 2 is 1.81 bits per heavy atom. The smallest absolute Gasteiger partial charge is 0.247 e. The molecule has 0 saturated heterocycles.